The average Bonchev–Trinajstić information content (AvgIpc) is 3.37. The molecule has 8 nitrogen and oxygen atoms in total. The second-order valence-electron chi connectivity index (χ2n) is 9.18. The summed E-state index contributed by atoms with van der Waals surface area (Å²) < 4.78 is 47.1. The Kier molecular flexibility index (Phi) is 6.88. The monoisotopic (exact) mass is 546 g/mol. The van der Waals surface area contributed by atoms with Crippen molar-refractivity contribution < 1.29 is 22.7 Å². The van der Waals surface area contributed by atoms with E-state index in [9.17, 15) is 18.0 Å². The first-order valence-electron chi connectivity index (χ1n) is 12.2. The van der Waals surface area contributed by atoms with Crippen molar-refractivity contribution in [1.29, 1.82) is 0 Å². The van der Waals surface area contributed by atoms with Crippen LogP contribution in [0.2, 0.25) is 0 Å². The molecule has 204 valence electrons. The number of nitrogens with zero attached hydrogens (tertiary/aromatic N) is 4. The second kappa shape index (κ2) is 10.3. The zero-order chi connectivity index (χ0) is 28.6. The number of hydrogen-bond donors (Lipinski definition) is 2. The van der Waals surface area contributed by atoms with E-state index < -0.39 is 17.6 Å². The molecule has 0 spiro atoms. The molecule has 1 amide bonds. The molecule has 2 aromatic heterocycles. The fourth-order valence-corrected chi connectivity index (χ4v) is 4.54. The summed E-state index contributed by atoms with van der Waals surface area (Å²) in [7, 11) is 5.10. The molecule has 0 aliphatic carbocycles. The highest BCUT2D eigenvalue weighted by molar-refractivity contribution is 6.06. The lowest BCUT2D eigenvalue weighted by Gasteiger charge is -2.18. The average molecular weight is 547 g/mol. The van der Waals surface area contributed by atoms with E-state index in [0.717, 1.165) is 28.6 Å². The predicted molar refractivity (Wildman–Crippen MR) is 147 cm³/mol. The van der Waals surface area contributed by atoms with Crippen molar-refractivity contribution in [2.24, 2.45) is 7.05 Å². The van der Waals surface area contributed by atoms with Crippen LogP contribution in [0.15, 0.2) is 67.1 Å². The third-order valence-corrected chi connectivity index (χ3v) is 6.48. The molecule has 2 heterocycles. The van der Waals surface area contributed by atoms with Crippen molar-refractivity contribution >= 4 is 28.4 Å². The van der Waals surface area contributed by atoms with E-state index >= 15 is 0 Å². The molecule has 0 atom stereocenters. The summed E-state index contributed by atoms with van der Waals surface area (Å²) in [5, 5.41) is 10.6. The van der Waals surface area contributed by atoms with E-state index in [4.69, 9.17) is 4.74 Å². The minimum Gasteiger partial charge on any atom is -0.495 e. The number of alkyl halides is 3. The van der Waals surface area contributed by atoms with Crippen LogP contribution in [0.5, 0.6) is 5.75 Å². The van der Waals surface area contributed by atoms with Gasteiger partial charge in [0.05, 0.1) is 30.0 Å². The van der Waals surface area contributed by atoms with E-state index in [2.05, 4.69) is 25.7 Å². The minimum atomic E-state index is -4.52. The lowest BCUT2D eigenvalue weighted by molar-refractivity contribution is -0.137. The standard InChI is InChI=1S/C29H25F3N6O2/c1-16-8-9-17(27(39)36-21-7-5-6-20(12-21)29(30,31)32)10-22(16)23-11-18-13-34-28(33-2)37-25(18)24(26(23)40-4)19-14-35-38(3)15-19/h5-15H,1-4H3,(H,36,39)(H,33,34,37). The van der Waals surface area contributed by atoms with Crippen LogP contribution >= 0.6 is 0 Å². The molecular weight excluding hydrogens is 521 g/mol. The van der Waals surface area contributed by atoms with Crippen molar-refractivity contribution in [2.45, 2.75) is 13.1 Å². The van der Waals surface area contributed by atoms with Crippen molar-refractivity contribution in [3.05, 3.63) is 83.8 Å². The van der Waals surface area contributed by atoms with Crippen LogP contribution in [0.1, 0.15) is 21.5 Å². The van der Waals surface area contributed by atoms with E-state index in [1.807, 2.05) is 26.2 Å². The van der Waals surface area contributed by atoms with Gasteiger partial charge >= 0.3 is 6.18 Å². The van der Waals surface area contributed by atoms with Crippen LogP contribution < -0.4 is 15.4 Å². The molecule has 0 aliphatic rings. The number of halogens is 3. The second-order valence-corrected chi connectivity index (χ2v) is 9.18. The summed E-state index contributed by atoms with van der Waals surface area (Å²) in [5.41, 5.74) is 3.87. The molecule has 0 aliphatic heterocycles. The van der Waals surface area contributed by atoms with Crippen LogP contribution in [-0.2, 0) is 13.2 Å². The number of carbonyl (C=O) groups excluding carboxylic acids is 1. The number of ether oxygens (including phenoxy) is 1. The highest BCUT2D eigenvalue weighted by Crippen LogP contribution is 2.44. The van der Waals surface area contributed by atoms with Gasteiger partial charge in [-0.15, -0.1) is 0 Å². The molecule has 0 radical (unpaired) electrons. The number of hydrogen-bond acceptors (Lipinski definition) is 6. The smallest absolute Gasteiger partial charge is 0.416 e. The van der Waals surface area contributed by atoms with Gasteiger partial charge in [-0.25, -0.2) is 9.97 Å². The summed E-state index contributed by atoms with van der Waals surface area (Å²) in [6.07, 6.45) is 0.757. The molecule has 5 rings (SSSR count). The number of aromatic nitrogens is 4. The maximum atomic E-state index is 13.2. The fraction of sp³-hybridized carbons (Fsp3) is 0.172. The van der Waals surface area contributed by atoms with Gasteiger partial charge < -0.3 is 15.4 Å². The Morgan fingerprint density at radius 2 is 1.85 bits per heavy atom. The summed E-state index contributed by atoms with van der Waals surface area (Å²) in [6.45, 7) is 1.90. The maximum absolute atomic E-state index is 13.2. The number of rotatable bonds is 6. The van der Waals surface area contributed by atoms with Crippen LogP contribution in [0.3, 0.4) is 0 Å². The third-order valence-electron chi connectivity index (χ3n) is 6.48. The molecule has 0 bridgehead atoms. The zero-order valence-corrected chi connectivity index (χ0v) is 22.1. The summed E-state index contributed by atoms with van der Waals surface area (Å²) >= 11 is 0. The van der Waals surface area contributed by atoms with Gasteiger partial charge in [-0.1, -0.05) is 12.1 Å². The van der Waals surface area contributed by atoms with E-state index in [1.54, 1.807) is 49.4 Å². The number of nitrogens with one attached hydrogen (secondary N) is 2. The molecule has 0 unspecified atom stereocenters. The van der Waals surface area contributed by atoms with Gasteiger partial charge in [-0.2, -0.15) is 18.3 Å². The summed E-state index contributed by atoms with van der Waals surface area (Å²) in [6, 6.07) is 11.5. The van der Waals surface area contributed by atoms with Crippen LogP contribution in [-0.4, -0.2) is 39.8 Å². The number of aryl methyl sites for hydroxylation is 2. The first-order chi connectivity index (χ1) is 19.1. The largest absolute Gasteiger partial charge is 0.495 e. The van der Waals surface area contributed by atoms with Crippen LogP contribution in [0, 0.1) is 6.92 Å². The minimum absolute atomic E-state index is 0.0431. The van der Waals surface area contributed by atoms with Gasteiger partial charge in [0, 0.05) is 54.3 Å². The molecule has 0 saturated heterocycles. The van der Waals surface area contributed by atoms with Crippen molar-refractivity contribution in [3.8, 4) is 28.0 Å². The molecule has 40 heavy (non-hydrogen) atoms. The number of anilines is 2. The van der Waals surface area contributed by atoms with Crippen LogP contribution in [0.25, 0.3) is 33.2 Å². The molecule has 0 fully saturated rings. The highest BCUT2D eigenvalue weighted by Gasteiger charge is 2.30. The number of carbonyl (C=O) groups is 1. The Bertz CT molecular complexity index is 1750. The summed E-state index contributed by atoms with van der Waals surface area (Å²) in [4.78, 5) is 22.2. The van der Waals surface area contributed by atoms with Gasteiger partial charge in [-0.05, 0) is 54.4 Å². The molecule has 2 N–H and O–H groups in total. The predicted octanol–water partition coefficient (Wildman–Crippen LogP) is 6.33. The molecule has 3 aromatic carbocycles. The number of fused-ring (bicyclic) bond motifs is 1. The molecule has 5 aromatic rings. The summed E-state index contributed by atoms with van der Waals surface area (Å²) in [5.74, 6) is 0.423. The topological polar surface area (TPSA) is 94.0 Å². The SMILES string of the molecule is CNc1ncc2cc(-c3cc(C(=O)Nc4cccc(C(F)(F)F)c4)ccc3C)c(OC)c(-c3cnn(C)c3)c2n1. The first kappa shape index (κ1) is 26.7. The lowest BCUT2D eigenvalue weighted by Crippen LogP contribution is -2.13. The Morgan fingerprint density at radius 3 is 2.52 bits per heavy atom. The number of methoxy groups -OCH3 is 1. The van der Waals surface area contributed by atoms with Gasteiger partial charge in [-0.3, -0.25) is 9.48 Å². The van der Waals surface area contributed by atoms with E-state index in [1.165, 1.54) is 12.1 Å². The Labute approximate surface area is 227 Å². The van der Waals surface area contributed by atoms with Crippen molar-refractivity contribution in [3.63, 3.8) is 0 Å². The number of amides is 1. The maximum Gasteiger partial charge on any atom is 0.416 e. The quantitative estimate of drug-likeness (QED) is 0.259. The molecular formula is C29H25F3N6O2. The van der Waals surface area contributed by atoms with Crippen molar-refractivity contribution in [1.82, 2.24) is 19.7 Å². The van der Waals surface area contributed by atoms with Crippen molar-refractivity contribution in [2.75, 3.05) is 24.8 Å². The van der Waals surface area contributed by atoms with Crippen LogP contribution in [0.4, 0.5) is 24.8 Å². The Morgan fingerprint density at radius 1 is 1.05 bits per heavy atom. The lowest BCUT2D eigenvalue weighted by atomic mass is 9.92. The molecule has 0 saturated carbocycles. The zero-order valence-electron chi connectivity index (χ0n) is 22.1. The Balaban J connectivity index is 1.64. The van der Waals surface area contributed by atoms with E-state index in [0.29, 0.717) is 33.9 Å². The van der Waals surface area contributed by atoms with E-state index in [-0.39, 0.29) is 11.3 Å². The Hall–Kier alpha value is -4.93. The third kappa shape index (κ3) is 5.05. The van der Waals surface area contributed by atoms with Gasteiger partial charge in [0.25, 0.3) is 5.91 Å². The normalized spacial score (nSPS) is 11.5. The van der Waals surface area contributed by atoms with Gasteiger partial charge in [0.2, 0.25) is 5.95 Å². The first-order valence-corrected chi connectivity index (χ1v) is 12.2. The fourth-order valence-electron chi connectivity index (χ4n) is 4.54. The van der Waals surface area contributed by atoms with Gasteiger partial charge in [0.1, 0.15) is 5.75 Å². The molecule has 11 heteroatoms. The number of benzene rings is 3. The van der Waals surface area contributed by atoms with Gasteiger partial charge in [0.15, 0.2) is 0 Å². The highest BCUT2D eigenvalue weighted by atomic mass is 19.4.